The van der Waals surface area contributed by atoms with Gasteiger partial charge in [0.25, 0.3) is 5.69 Å². The number of benzene rings is 2. The number of imidazole rings is 1. The van der Waals surface area contributed by atoms with Crippen molar-refractivity contribution in [3.05, 3.63) is 88.0 Å². The number of aryl methyl sites for hydroxylation is 1. The van der Waals surface area contributed by atoms with Crippen LogP contribution in [0.25, 0.3) is 5.69 Å². The van der Waals surface area contributed by atoms with Crippen LogP contribution in [-0.2, 0) is 17.1 Å². The first kappa shape index (κ1) is 19.6. The predicted octanol–water partition coefficient (Wildman–Crippen LogP) is 3.64. The molecule has 0 atom stereocenters. The summed E-state index contributed by atoms with van der Waals surface area (Å²) < 4.78 is 2.00. The highest BCUT2D eigenvalue weighted by Gasteiger charge is 2.06. The number of rotatable bonds is 8. The average molecular weight is 396 g/mol. The topological polar surface area (TPSA) is 90.1 Å². The molecule has 0 spiro atoms. The lowest BCUT2D eigenvalue weighted by molar-refractivity contribution is -0.384. The third-order valence-corrected chi connectivity index (χ3v) is 5.18. The summed E-state index contributed by atoms with van der Waals surface area (Å²) in [6.45, 7) is 2.42. The molecule has 0 bridgehead atoms. The van der Waals surface area contributed by atoms with Crippen molar-refractivity contribution < 1.29 is 9.72 Å². The highest BCUT2D eigenvalue weighted by atomic mass is 32.2. The molecular formula is C20H20N4O3S. The van der Waals surface area contributed by atoms with E-state index in [1.165, 1.54) is 23.9 Å². The molecule has 0 unspecified atom stereocenters. The van der Waals surface area contributed by atoms with Crippen molar-refractivity contribution in [1.29, 1.82) is 0 Å². The molecule has 0 fully saturated rings. The Bertz CT molecular complexity index is 952. The zero-order chi connectivity index (χ0) is 19.9. The van der Waals surface area contributed by atoms with Gasteiger partial charge in [0.05, 0.1) is 10.7 Å². The number of hydrogen-bond acceptors (Lipinski definition) is 5. The van der Waals surface area contributed by atoms with E-state index in [0.29, 0.717) is 18.1 Å². The number of thioether (sulfide) groups is 1. The van der Waals surface area contributed by atoms with E-state index in [2.05, 4.69) is 10.3 Å². The number of carbonyl (C=O) groups is 1. The maximum atomic E-state index is 12.0. The molecule has 0 radical (unpaired) electrons. The summed E-state index contributed by atoms with van der Waals surface area (Å²) in [6.07, 6.45) is 3.67. The molecule has 0 aliphatic rings. The van der Waals surface area contributed by atoms with Gasteiger partial charge in [-0.2, -0.15) is 0 Å². The summed E-state index contributed by atoms with van der Waals surface area (Å²) in [7, 11) is 0. The van der Waals surface area contributed by atoms with Gasteiger partial charge in [0.15, 0.2) is 0 Å². The van der Waals surface area contributed by atoms with Crippen LogP contribution in [0.1, 0.15) is 17.0 Å². The third-order valence-electron chi connectivity index (χ3n) is 4.18. The summed E-state index contributed by atoms with van der Waals surface area (Å²) in [5.41, 5.74) is 3.08. The molecule has 144 valence electrons. The van der Waals surface area contributed by atoms with Gasteiger partial charge in [0.1, 0.15) is 5.82 Å². The van der Waals surface area contributed by atoms with Crippen LogP contribution in [0.4, 0.5) is 5.69 Å². The van der Waals surface area contributed by atoms with Crippen molar-refractivity contribution in [1.82, 2.24) is 14.9 Å². The first-order chi connectivity index (χ1) is 13.5. The van der Waals surface area contributed by atoms with Gasteiger partial charge in [-0.1, -0.05) is 24.3 Å². The number of carbonyl (C=O) groups excluding carboxylic acids is 1. The molecule has 8 heteroatoms. The second-order valence-electron chi connectivity index (χ2n) is 6.20. The van der Waals surface area contributed by atoms with Gasteiger partial charge in [-0.05, 0) is 30.2 Å². The van der Waals surface area contributed by atoms with Gasteiger partial charge in [0, 0.05) is 42.5 Å². The lowest BCUT2D eigenvalue weighted by Gasteiger charge is -2.08. The SMILES string of the molecule is Cc1nccn1-c1ccc(CNC(=O)CSCc2ccc([N+](=O)[O-])cc2)cc1. The summed E-state index contributed by atoms with van der Waals surface area (Å²) in [4.78, 5) is 26.4. The Labute approximate surface area is 166 Å². The maximum Gasteiger partial charge on any atom is 0.269 e. The molecule has 1 heterocycles. The van der Waals surface area contributed by atoms with Crippen LogP contribution in [0, 0.1) is 17.0 Å². The zero-order valence-corrected chi connectivity index (χ0v) is 16.2. The van der Waals surface area contributed by atoms with Crippen LogP contribution < -0.4 is 5.32 Å². The Kier molecular flexibility index (Phi) is 6.44. The largest absolute Gasteiger partial charge is 0.351 e. The number of aromatic nitrogens is 2. The molecule has 7 nitrogen and oxygen atoms in total. The Hall–Kier alpha value is -3.13. The molecule has 28 heavy (non-hydrogen) atoms. The highest BCUT2D eigenvalue weighted by Crippen LogP contribution is 2.17. The highest BCUT2D eigenvalue weighted by molar-refractivity contribution is 7.99. The summed E-state index contributed by atoms with van der Waals surface area (Å²) in [5, 5.41) is 13.5. The molecule has 3 aromatic rings. The fourth-order valence-corrected chi connectivity index (χ4v) is 3.47. The molecule has 1 amide bonds. The predicted molar refractivity (Wildman–Crippen MR) is 109 cm³/mol. The summed E-state index contributed by atoms with van der Waals surface area (Å²) in [6, 6.07) is 14.4. The fourth-order valence-electron chi connectivity index (χ4n) is 2.65. The third kappa shape index (κ3) is 5.20. The number of nitro benzene ring substituents is 1. The van der Waals surface area contributed by atoms with E-state index in [9.17, 15) is 14.9 Å². The molecular weight excluding hydrogens is 376 g/mol. The van der Waals surface area contributed by atoms with Crippen molar-refractivity contribution in [2.45, 2.75) is 19.2 Å². The smallest absolute Gasteiger partial charge is 0.269 e. The minimum atomic E-state index is -0.423. The Morgan fingerprint density at radius 3 is 2.43 bits per heavy atom. The molecule has 1 aromatic heterocycles. The zero-order valence-electron chi connectivity index (χ0n) is 15.4. The molecule has 0 saturated carbocycles. The minimum Gasteiger partial charge on any atom is -0.351 e. The van der Waals surface area contributed by atoms with Crippen LogP contribution >= 0.6 is 11.8 Å². The van der Waals surface area contributed by atoms with Crippen LogP contribution in [0.15, 0.2) is 60.9 Å². The average Bonchev–Trinajstić information content (AvgIpc) is 3.13. The standard InChI is InChI=1S/C20H20N4O3S/c1-15-21-10-11-23(15)18-6-2-16(3-7-18)12-22-20(25)14-28-13-17-4-8-19(9-5-17)24(26)27/h2-11H,12-14H2,1H3,(H,22,25). The first-order valence-corrected chi connectivity index (χ1v) is 9.85. The lowest BCUT2D eigenvalue weighted by atomic mass is 10.2. The first-order valence-electron chi connectivity index (χ1n) is 8.70. The van der Waals surface area contributed by atoms with Crippen molar-refractivity contribution in [2.24, 2.45) is 0 Å². The second kappa shape index (κ2) is 9.18. The van der Waals surface area contributed by atoms with Crippen molar-refractivity contribution in [3.8, 4) is 5.69 Å². The lowest BCUT2D eigenvalue weighted by Crippen LogP contribution is -2.24. The van der Waals surface area contributed by atoms with Crippen molar-refractivity contribution in [3.63, 3.8) is 0 Å². The van der Waals surface area contributed by atoms with Gasteiger partial charge in [-0.3, -0.25) is 14.9 Å². The van der Waals surface area contributed by atoms with E-state index in [0.717, 1.165) is 22.6 Å². The van der Waals surface area contributed by atoms with Crippen LogP contribution in [-0.4, -0.2) is 26.1 Å². The van der Waals surface area contributed by atoms with E-state index in [-0.39, 0.29) is 11.6 Å². The van der Waals surface area contributed by atoms with Gasteiger partial charge < -0.3 is 9.88 Å². The van der Waals surface area contributed by atoms with Crippen LogP contribution in [0.3, 0.4) is 0 Å². The van der Waals surface area contributed by atoms with Gasteiger partial charge in [-0.25, -0.2) is 4.98 Å². The quantitative estimate of drug-likeness (QED) is 0.464. The number of amides is 1. The number of nitro groups is 1. The van der Waals surface area contributed by atoms with E-state index in [1.807, 2.05) is 42.0 Å². The molecule has 1 N–H and O–H groups in total. The Morgan fingerprint density at radius 1 is 1.14 bits per heavy atom. The monoisotopic (exact) mass is 396 g/mol. The molecule has 0 aliphatic carbocycles. The summed E-state index contributed by atoms with van der Waals surface area (Å²) in [5.74, 6) is 1.85. The van der Waals surface area contributed by atoms with Gasteiger partial charge >= 0.3 is 0 Å². The number of hydrogen-bond donors (Lipinski definition) is 1. The van der Waals surface area contributed by atoms with Gasteiger partial charge in [0.2, 0.25) is 5.91 Å². The number of non-ortho nitro benzene ring substituents is 1. The van der Waals surface area contributed by atoms with E-state index in [4.69, 9.17) is 0 Å². The van der Waals surface area contributed by atoms with Crippen molar-refractivity contribution >= 4 is 23.4 Å². The molecule has 3 rings (SSSR count). The van der Waals surface area contributed by atoms with Crippen molar-refractivity contribution in [2.75, 3.05) is 5.75 Å². The van der Waals surface area contributed by atoms with Crippen LogP contribution in [0.2, 0.25) is 0 Å². The second-order valence-corrected chi connectivity index (χ2v) is 7.19. The van der Waals surface area contributed by atoms with E-state index in [1.54, 1.807) is 18.3 Å². The van der Waals surface area contributed by atoms with E-state index >= 15 is 0 Å². The Balaban J connectivity index is 1.41. The number of nitrogens with zero attached hydrogens (tertiary/aromatic N) is 3. The molecule has 2 aromatic carbocycles. The minimum absolute atomic E-state index is 0.0403. The number of nitrogens with one attached hydrogen (secondary N) is 1. The van der Waals surface area contributed by atoms with E-state index < -0.39 is 4.92 Å². The fraction of sp³-hybridized carbons (Fsp3) is 0.200. The molecule has 0 saturated heterocycles. The Morgan fingerprint density at radius 2 is 1.82 bits per heavy atom. The molecule has 0 aliphatic heterocycles. The van der Waals surface area contributed by atoms with Crippen LogP contribution in [0.5, 0.6) is 0 Å². The van der Waals surface area contributed by atoms with Gasteiger partial charge in [-0.15, -0.1) is 11.8 Å². The normalized spacial score (nSPS) is 10.6. The summed E-state index contributed by atoms with van der Waals surface area (Å²) >= 11 is 1.47. The maximum absolute atomic E-state index is 12.0.